The molecule has 248 valence electrons. The predicted octanol–water partition coefficient (Wildman–Crippen LogP) is 2.94. The first-order valence-corrected chi connectivity index (χ1v) is 15.9. The number of hydrogen-bond acceptors (Lipinski definition) is 11. The highest BCUT2D eigenvalue weighted by molar-refractivity contribution is 5.99. The Hall–Kier alpha value is -4.63. The number of nitrogens with two attached hydrogens (primary N) is 2. The molecule has 5 N–H and O–H groups in total. The van der Waals surface area contributed by atoms with Crippen LogP contribution in [0.2, 0.25) is 0 Å². The van der Waals surface area contributed by atoms with Gasteiger partial charge < -0.3 is 40.3 Å². The van der Waals surface area contributed by atoms with Gasteiger partial charge in [0.25, 0.3) is 0 Å². The van der Waals surface area contributed by atoms with E-state index in [1.165, 1.54) is 11.9 Å². The molecule has 1 amide bonds. The van der Waals surface area contributed by atoms with Gasteiger partial charge >= 0.3 is 0 Å². The highest BCUT2D eigenvalue weighted by Gasteiger charge is 2.22. The molecule has 1 aliphatic heterocycles. The zero-order chi connectivity index (χ0) is 32.6. The molecule has 4 aromatic heterocycles. The van der Waals surface area contributed by atoms with Crippen LogP contribution in [0.25, 0.3) is 33.3 Å². The molecule has 0 atom stereocenters. The summed E-state index contributed by atoms with van der Waals surface area (Å²) in [4.78, 5) is 31.1. The Morgan fingerprint density at radius 3 is 2.47 bits per heavy atom. The van der Waals surface area contributed by atoms with Crippen molar-refractivity contribution < 1.29 is 23.7 Å². The first-order chi connectivity index (χ1) is 23.0. The molecule has 0 unspecified atom stereocenters. The number of amides is 1. The third kappa shape index (κ3) is 7.85. The molecule has 0 aliphatic carbocycles. The Kier molecular flexibility index (Phi) is 10.5. The van der Waals surface area contributed by atoms with Crippen molar-refractivity contribution in [1.29, 1.82) is 0 Å². The lowest BCUT2D eigenvalue weighted by molar-refractivity contribution is -0.133. The van der Waals surface area contributed by atoms with E-state index in [4.69, 9.17) is 35.5 Å². The number of nitrogens with zero attached hydrogens (tertiary/aromatic N) is 6. The number of nitrogen functional groups attached to an aromatic ring is 2. The van der Waals surface area contributed by atoms with E-state index < -0.39 is 0 Å². The van der Waals surface area contributed by atoms with Crippen LogP contribution in [-0.2, 0) is 43.3 Å². The molecule has 14 nitrogen and oxygen atoms in total. The van der Waals surface area contributed by atoms with Gasteiger partial charge in [-0.25, -0.2) is 19.6 Å². The van der Waals surface area contributed by atoms with Crippen LogP contribution >= 0.6 is 0 Å². The fourth-order valence-electron chi connectivity index (χ4n) is 5.72. The summed E-state index contributed by atoms with van der Waals surface area (Å²) in [5.74, 6) is 0.987. The van der Waals surface area contributed by atoms with E-state index in [0.717, 1.165) is 28.5 Å². The predicted molar refractivity (Wildman–Crippen MR) is 177 cm³/mol. The monoisotopic (exact) mass is 643 g/mol. The smallest absolute Gasteiger partial charge is 0.225 e. The highest BCUT2D eigenvalue weighted by Crippen LogP contribution is 2.32. The normalized spacial score (nSPS) is 13.1. The van der Waals surface area contributed by atoms with E-state index in [1.807, 2.05) is 28.6 Å². The van der Waals surface area contributed by atoms with Gasteiger partial charge in [-0.3, -0.25) is 4.79 Å². The maximum atomic E-state index is 12.9. The molecule has 47 heavy (non-hydrogen) atoms. The molecule has 0 radical (unpaired) electrons. The van der Waals surface area contributed by atoms with E-state index in [9.17, 15) is 4.79 Å². The SMILES string of the molecule is CCOCCOCCOCCOCCC(=O)N1CCc2cc(Cn3nc(-c4cnc5[nH]c(N)cc5c4)c4c(N)ncnc43)ccc2C1. The maximum absolute atomic E-state index is 12.9. The molecule has 14 heteroatoms. The second kappa shape index (κ2) is 15.3. The third-order valence-corrected chi connectivity index (χ3v) is 8.07. The molecular weight excluding hydrogens is 602 g/mol. The highest BCUT2D eigenvalue weighted by atomic mass is 16.6. The van der Waals surface area contributed by atoms with Gasteiger partial charge in [0.2, 0.25) is 5.91 Å². The molecule has 0 saturated heterocycles. The number of aromatic nitrogens is 6. The third-order valence-electron chi connectivity index (χ3n) is 8.07. The number of aromatic amines is 1. The summed E-state index contributed by atoms with van der Waals surface area (Å²) in [7, 11) is 0. The van der Waals surface area contributed by atoms with Crippen LogP contribution in [0.5, 0.6) is 0 Å². The second-order valence-corrected chi connectivity index (χ2v) is 11.3. The van der Waals surface area contributed by atoms with E-state index in [-0.39, 0.29) is 5.91 Å². The molecule has 0 fully saturated rings. The van der Waals surface area contributed by atoms with Gasteiger partial charge in [-0.1, -0.05) is 18.2 Å². The number of nitrogens with one attached hydrogen (secondary N) is 1. The Balaban J connectivity index is 1.02. The van der Waals surface area contributed by atoms with Gasteiger partial charge in [-0.15, -0.1) is 0 Å². The minimum absolute atomic E-state index is 0.0890. The van der Waals surface area contributed by atoms with Crippen molar-refractivity contribution in [3.8, 4) is 11.3 Å². The van der Waals surface area contributed by atoms with E-state index in [1.54, 1.807) is 6.20 Å². The van der Waals surface area contributed by atoms with Crippen LogP contribution in [0, 0.1) is 0 Å². The minimum Gasteiger partial charge on any atom is -0.385 e. The molecule has 1 aromatic carbocycles. The number of benzene rings is 1. The van der Waals surface area contributed by atoms with E-state index in [0.29, 0.717) is 113 Å². The number of ether oxygens (including phenoxy) is 4. The standard InChI is InChI=1S/C33H41N9O5/c1-2-44-9-10-46-13-14-47-12-11-45-8-6-28(43)41-7-5-23-15-22(3-4-24(23)20-41)19-42-33-29(31(35)37-21-38-33)30(40-42)26-16-25-17-27(34)39-32(25)36-18-26/h3-4,15-18,21H,2,5-14,19-20,34H2,1H3,(H,36,39)(H2,35,37,38). The summed E-state index contributed by atoms with van der Waals surface area (Å²) in [5.41, 5.74) is 18.5. The summed E-state index contributed by atoms with van der Waals surface area (Å²) in [6, 6.07) is 10.2. The average Bonchev–Trinajstić information content (AvgIpc) is 3.64. The molecule has 5 heterocycles. The number of carbonyl (C=O) groups excluding carboxylic acids is 1. The lowest BCUT2D eigenvalue weighted by Gasteiger charge is -2.29. The van der Waals surface area contributed by atoms with Crippen LogP contribution in [0.4, 0.5) is 11.6 Å². The van der Waals surface area contributed by atoms with Crippen LogP contribution in [0.1, 0.15) is 30.0 Å². The quantitative estimate of drug-likeness (QED) is 0.135. The summed E-state index contributed by atoms with van der Waals surface area (Å²) >= 11 is 0. The van der Waals surface area contributed by atoms with Gasteiger partial charge in [-0.05, 0) is 42.2 Å². The van der Waals surface area contributed by atoms with Gasteiger partial charge in [0.15, 0.2) is 5.65 Å². The molecule has 0 saturated carbocycles. The molecule has 6 rings (SSSR count). The molecule has 5 aromatic rings. The van der Waals surface area contributed by atoms with Gasteiger partial charge in [0.1, 0.15) is 29.3 Å². The van der Waals surface area contributed by atoms with E-state index >= 15 is 0 Å². The Morgan fingerprint density at radius 1 is 0.915 bits per heavy atom. The summed E-state index contributed by atoms with van der Waals surface area (Å²) in [5, 5.41) is 6.48. The number of carbonyl (C=O) groups is 1. The summed E-state index contributed by atoms with van der Waals surface area (Å²) in [6.45, 7) is 7.86. The number of fused-ring (bicyclic) bond motifs is 3. The fraction of sp³-hybridized carbons (Fsp3) is 0.424. The van der Waals surface area contributed by atoms with Crippen molar-refractivity contribution in [1.82, 2.24) is 34.6 Å². The molecular formula is C33H41N9O5. The lowest BCUT2D eigenvalue weighted by Crippen LogP contribution is -2.36. The largest absolute Gasteiger partial charge is 0.385 e. The van der Waals surface area contributed by atoms with Crippen LogP contribution in [0.15, 0.2) is 42.9 Å². The Bertz CT molecular complexity index is 1820. The van der Waals surface area contributed by atoms with Crippen molar-refractivity contribution in [3.05, 3.63) is 59.5 Å². The molecule has 0 bridgehead atoms. The zero-order valence-electron chi connectivity index (χ0n) is 26.6. The number of H-pyrrole nitrogens is 1. The Morgan fingerprint density at radius 2 is 1.68 bits per heavy atom. The topological polar surface area (TPSA) is 182 Å². The van der Waals surface area contributed by atoms with Crippen molar-refractivity contribution in [2.75, 3.05) is 70.9 Å². The maximum Gasteiger partial charge on any atom is 0.225 e. The summed E-state index contributed by atoms with van der Waals surface area (Å²) in [6.07, 6.45) is 4.32. The van der Waals surface area contributed by atoms with Crippen molar-refractivity contribution >= 4 is 39.6 Å². The number of rotatable bonds is 16. The van der Waals surface area contributed by atoms with Crippen LogP contribution in [-0.4, -0.2) is 99.9 Å². The second-order valence-electron chi connectivity index (χ2n) is 11.3. The van der Waals surface area contributed by atoms with Crippen LogP contribution in [0.3, 0.4) is 0 Å². The summed E-state index contributed by atoms with van der Waals surface area (Å²) < 4.78 is 23.6. The van der Waals surface area contributed by atoms with Crippen molar-refractivity contribution in [2.24, 2.45) is 0 Å². The molecule has 0 spiro atoms. The number of hydrogen-bond donors (Lipinski definition) is 3. The van der Waals surface area contributed by atoms with Crippen molar-refractivity contribution in [2.45, 2.75) is 32.9 Å². The molecule has 1 aliphatic rings. The van der Waals surface area contributed by atoms with Gasteiger partial charge in [0.05, 0.1) is 64.6 Å². The van der Waals surface area contributed by atoms with Gasteiger partial charge in [0, 0.05) is 36.8 Å². The Labute approximate surface area is 272 Å². The number of pyridine rings is 1. The number of anilines is 2. The minimum atomic E-state index is 0.0890. The van der Waals surface area contributed by atoms with Crippen LogP contribution < -0.4 is 11.5 Å². The fourth-order valence-corrected chi connectivity index (χ4v) is 5.72. The van der Waals surface area contributed by atoms with Gasteiger partial charge in [-0.2, -0.15) is 5.10 Å². The first kappa shape index (κ1) is 32.3. The average molecular weight is 644 g/mol. The zero-order valence-corrected chi connectivity index (χ0v) is 26.6. The first-order valence-electron chi connectivity index (χ1n) is 15.9. The lowest BCUT2D eigenvalue weighted by atomic mass is 9.97. The van der Waals surface area contributed by atoms with E-state index in [2.05, 4.69) is 38.1 Å². The van der Waals surface area contributed by atoms with Crippen molar-refractivity contribution in [3.63, 3.8) is 0 Å².